The van der Waals surface area contributed by atoms with Crippen LogP contribution in [0.2, 0.25) is 0 Å². The molecule has 0 spiro atoms. The summed E-state index contributed by atoms with van der Waals surface area (Å²) in [6, 6.07) is 7.19. The van der Waals surface area contributed by atoms with Gasteiger partial charge in [-0.05, 0) is 24.7 Å². The summed E-state index contributed by atoms with van der Waals surface area (Å²) in [6.45, 7) is 6.74. The minimum absolute atomic E-state index is 0. The fraction of sp³-hybridized carbons (Fsp3) is 0.462. The molecule has 5 heteroatoms. The highest BCUT2D eigenvalue weighted by molar-refractivity contribution is 5.95. The molecule has 100 valence electrons. The number of amides is 1. The lowest BCUT2D eigenvalue weighted by Gasteiger charge is -2.34. The Kier molecular flexibility index (Phi) is 5.44. The van der Waals surface area contributed by atoms with Crippen molar-refractivity contribution < 1.29 is 4.79 Å². The number of carbonyl (C=O) groups excluding carboxylic acids is 1. The lowest BCUT2D eigenvalue weighted by Crippen LogP contribution is -2.48. The van der Waals surface area contributed by atoms with E-state index in [0.717, 1.165) is 32.7 Å². The topological polar surface area (TPSA) is 49.6 Å². The van der Waals surface area contributed by atoms with Gasteiger partial charge in [0, 0.05) is 37.4 Å². The van der Waals surface area contributed by atoms with Crippen LogP contribution in [0.5, 0.6) is 0 Å². The first kappa shape index (κ1) is 14.8. The summed E-state index contributed by atoms with van der Waals surface area (Å²) in [5, 5.41) is 0. The van der Waals surface area contributed by atoms with Gasteiger partial charge >= 0.3 is 0 Å². The van der Waals surface area contributed by atoms with Crippen molar-refractivity contribution in [1.29, 1.82) is 0 Å². The van der Waals surface area contributed by atoms with Gasteiger partial charge in [-0.25, -0.2) is 0 Å². The number of rotatable bonds is 2. The van der Waals surface area contributed by atoms with E-state index in [1.165, 1.54) is 0 Å². The average Bonchev–Trinajstić information content (AvgIpc) is 2.38. The summed E-state index contributed by atoms with van der Waals surface area (Å²) in [4.78, 5) is 16.5. The van der Waals surface area contributed by atoms with Crippen LogP contribution in [0.4, 0.5) is 5.69 Å². The Morgan fingerprint density at radius 3 is 2.50 bits per heavy atom. The van der Waals surface area contributed by atoms with Gasteiger partial charge in [0.25, 0.3) is 5.91 Å². The predicted octanol–water partition coefficient (Wildman–Crippen LogP) is 1.47. The zero-order chi connectivity index (χ0) is 12.3. The Morgan fingerprint density at radius 2 is 1.94 bits per heavy atom. The Labute approximate surface area is 114 Å². The number of likely N-dealkylation sites (N-methyl/N-ethyl adjacent to an activating group) is 1. The van der Waals surface area contributed by atoms with Gasteiger partial charge in [0.1, 0.15) is 0 Å². The molecule has 0 bridgehead atoms. The van der Waals surface area contributed by atoms with Gasteiger partial charge in [0.15, 0.2) is 0 Å². The van der Waals surface area contributed by atoms with E-state index >= 15 is 0 Å². The number of carbonyl (C=O) groups is 1. The van der Waals surface area contributed by atoms with Crippen molar-refractivity contribution in [3.8, 4) is 0 Å². The highest BCUT2D eigenvalue weighted by atomic mass is 35.5. The molecule has 2 rings (SSSR count). The minimum Gasteiger partial charge on any atom is -0.399 e. The molecule has 0 atom stereocenters. The molecule has 1 heterocycles. The summed E-state index contributed by atoms with van der Waals surface area (Å²) in [7, 11) is 0. The molecule has 1 aromatic carbocycles. The molecule has 1 aromatic rings. The third-order valence-electron chi connectivity index (χ3n) is 3.24. The number of anilines is 1. The molecular formula is C13H20ClN3O. The zero-order valence-corrected chi connectivity index (χ0v) is 11.4. The fourth-order valence-electron chi connectivity index (χ4n) is 2.12. The maximum Gasteiger partial charge on any atom is 0.254 e. The normalized spacial score (nSPS) is 16.2. The second-order valence-corrected chi connectivity index (χ2v) is 4.35. The predicted molar refractivity (Wildman–Crippen MR) is 76.1 cm³/mol. The van der Waals surface area contributed by atoms with E-state index in [-0.39, 0.29) is 18.3 Å². The molecule has 0 aliphatic carbocycles. The maximum atomic E-state index is 12.2. The summed E-state index contributed by atoms with van der Waals surface area (Å²) in [5.74, 6) is 0.0908. The molecule has 0 unspecified atom stereocenters. The Hall–Kier alpha value is -1.26. The third kappa shape index (κ3) is 3.37. The van der Waals surface area contributed by atoms with E-state index in [4.69, 9.17) is 5.73 Å². The second-order valence-electron chi connectivity index (χ2n) is 4.35. The van der Waals surface area contributed by atoms with E-state index in [2.05, 4.69) is 11.8 Å². The van der Waals surface area contributed by atoms with Gasteiger partial charge in [-0.15, -0.1) is 12.4 Å². The number of halogens is 1. The molecule has 18 heavy (non-hydrogen) atoms. The molecule has 1 amide bonds. The van der Waals surface area contributed by atoms with Gasteiger partial charge in [0.2, 0.25) is 0 Å². The van der Waals surface area contributed by atoms with Crippen LogP contribution in [0.1, 0.15) is 17.3 Å². The number of hydrogen-bond donors (Lipinski definition) is 1. The highest BCUT2D eigenvalue weighted by Crippen LogP contribution is 2.11. The number of nitrogens with zero attached hydrogens (tertiary/aromatic N) is 2. The van der Waals surface area contributed by atoms with Crippen LogP contribution in [0, 0.1) is 0 Å². The molecular weight excluding hydrogens is 250 g/mol. The molecule has 0 radical (unpaired) electrons. The van der Waals surface area contributed by atoms with Crippen LogP contribution in [-0.2, 0) is 0 Å². The number of piperazine rings is 1. The minimum atomic E-state index is 0. The summed E-state index contributed by atoms with van der Waals surface area (Å²) in [6.07, 6.45) is 0. The van der Waals surface area contributed by atoms with E-state index < -0.39 is 0 Å². The monoisotopic (exact) mass is 269 g/mol. The van der Waals surface area contributed by atoms with E-state index in [9.17, 15) is 4.79 Å². The van der Waals surface area contributed by atoms with E-state index in [1.807, 2.05) is 17.0 Å². The Bertz CT molecular complexity index is 403. The van der Waals surface area contributed by atoms with Crippen molar-refractivity contribution in [2.45, 2.75) is 6.92 Å². The Balaban J connectivity index is 0.00000162. The van der Waals surface area contributed by atoms with Crippen molar-refractivity contribution in [1.82, 2.24) is 9.80 Å². The molecule has 1 fully saturated rings. The van der Waals surface area contributed by atoms with Crippen LogP contribution >= 0.6 is 12.4 Å². The number of hydrogen-bond acceptors (Lipinski definition) is 3. The van der Waals surface area contributed by atoms with Crippen molar-refractivity contribution >= 4 is 24.0 Å². The van der Waals surface area contributed by atoms with Crippen molar-refractivity contribution in [3.05, 3.63) is 29.8 Å². The number of benzene rings is 1. The molecule has 1 aliphatic rings. The third-order valence-corrected chi connectivity index (χ3v) is 3.24. The van der Waals surface area contributed by atoms with E-state index in [1.54, 1.807) is 12.1 Å². The average molecular weight is 270 g/mol. The maximum absolute atomic E-state index is 12.2. The molecule has 4 nitrogen and oxygen atoms in total. The Morgan fingerprint density at radius 1 is 1.28 bits per heavy atom. The summed E-state index contributed by atoms with van der Waals surface area (Å²) in [5.41, 5.74) is 7.02. The summed E-state index contributed by atoms with van der Waals surface area (Å²) < 4.78 is 0. The SMILES string of the molecule is CCN1CCN(C(=O)c2cccc(N)c2)CC1.Cl. The van der Waals surface area contributed by atoms with E-state index in [0.29, 0.717) is 11.3 Å². The lowest BCUT2D eigenvalue weighted by molar-refractivity contribution is 0.0643. The molecule has 2 N–H and O–H groups in total. The van der Waals surface area contributed by atoms with Crippen LogP contribution in [0.25, 0.3) is 0 Å². The van der Waals surface area contributed by atoms with Gasteiger partial charge in [-0.2, -0.15) is 0 Å². The standard InChI is InChI=1S/C13H19N3O.ClH/c1-2-15-6-8-16(9-7-15)13(17)11-4-3-5-12(14)10-11;/h3-5,10H,2,6-9,14H2,1H3;1H. The van der Waals surface area contributed by atoms with Crippen molar-refractivity contribution in [3.63, 3.8) is 0 Å². The first-order valence-electron chi connectivity index (χ1n) is 6.08. The zero-order valence-electron chi connectivity index (χ0n) is 10.6. The van der Waals surface area contributed by atoms with Gasteiger partial charge in [-0.1, -0.05) is 13.0 Å². The van der Waals surface area contributed by atoms with Crippen LogP contribution in [0.3, 0.4) is 0 Å². The molecule has 0 saturated carbocycles. The first-order chi connectivity index (χ1) is 8.20. The fourth-order valence-corrected chi connectivity index (χ4v) is 2.12. The second kappa shape index (κ2) is 6.61. The van der Waals surface area contributed by atoms with Gasteiger partial charge in [-0.3, -0.25) is 4.79 Å². The highest BCUT2D eigenvalue weighted by Gasteiger charge is 2.21. The lowest BCUT2D eigenvalue weighted by atomic mass is 10.1. The quantitative estimate of drug-likeness (QED) is 0.827. The summed E-state index contributed by atoms with van der Waals surface area (Å²) >= 11 is 0. The van der Waals surface area contributed by atoms with Crippen LogP contribution < -0.4 is 5.73 Å². The molecule has 1 aliphatic heterocycles. The smallest absolute Gasteiger partial charge is 0.254 e. The van der Waals surface area contributed by atoms with Crippen molar-refractivity contribution in [2.24, 2.45) is 0 Å². The number of nitrogens with two attached hydrogens (primary N) is 1. The van der Waals surface area contributed by atoms with Crippen LogP contribution in [0.15, 0.2) is 24.3 Å². The first-order valence-corrected chi connectivity index (χ1v) is 6.08. The van der Waals surface area contributed by atoms with Crippen LogP contribution in [-0.4, -0.2) is 48.4 Å². The molecule has 1 saturated heterocycles. The van der Waals surface area contributed by atoms with Gasteiger partial charge < -0.3 is 15.5 Å². The van der Waals surface area contributed by atoms with Crippen molar-refractivity contribution in [2.75, 3.05) is 38.5 Å². The number of nitrogen functional groups attached to an aromatic ring is 1. The van der Waals surface area contributed by atoms with Gasteiger partial charge in [0.05, 0.1) is 0 Å². The largest absolute Gasteiger partial charge is 0.399 e. The molecule has 0 aromatic heterocycles.